The number of halogens is 1. The minimum atomic E-state index is -4.00. The molecule has 0 aliphatic carbocycles. The highest BCUT2D eigenvalue weighted by molar-refractivity contribution is 7.89. The van der Waals surface area contributed by atoms with E-state index < -0.39 is 40.9 Å². The van der Waals surface area contributed by atoms with Crippen LogP contribution in [0.4, 0.5) is 4.39 Å². The average molecular weight is 450 g/mol. The van der Waals surface area contributed by atoms with Crippen molar-refractivity contribution < 1.29 is 31.9 Å². The lowest BCUT2D eigenvalue weighted by atomic mass is 10.2. The highest BCUT2D eigenvalue weighted by atomic mass is 32.2. The maximum Gasteiger partial charge on any atom is 0.321 e. The Morgan fingerprint density at radius 2 is 1.77 bits per heavy atom. The number of carbonyl (C=O) groups is 3. The van der Waals surface area contributed by atoms with Crippen LogP contribution >= 0.6 is 0 Å². The molecular weight excluding hydrogens is 427 g/mol. The molecular formula is C21H23FN2O6S. The first-order chi connectivity index (χ1) is 14.6. The number of carbonyl (C=O) groups excluding carboxylic acids is 3. The summed E-state index contributed by atoms with van der Waals surface area (Å²) in [6.45, 7) is 2.31. The number of benzene rings is 2. The van der Waals surface area contributed by atoms with E-state index >= 15 is 0 Å². The van der Waals surface area contributed by atoms with Gasteiger partial charge < -0.3 is 9.64 Å². The molecule has 0 aromatic heterocycles. The summed E-state index contributed by atoms with van der Waals surface area (Å²) in [5.41, 5.74) is 0.945. The second kappa shape index (κ2) is 10.8. The smallest absolute Gasteiger partial charge is 0.321 e. The van der Waals surface area contributed by atoms with E-state index in [-0.39, 0.29) is 17.2 Å². The van der Waals surface area contributed by atoms with Crippen molar-refractivity contribution >= 4 is 27.7 Å². The fraction of sp³-hybridized carbons (Fsp3) is 0.286. The first-order valence-electron chi connectivity index (χ1n) is 9.41. The number of Topliss-reactive ketones (excluding diaryl/α,β-unsaturated/α-hetero) is 1. The first kappa shape index (κ1) is 24.2. The topological polar surface area (TPSA) is 110 Å². The third-order valence-corrected chi connectivity index (χ3v) is 5.75. The number of likely N-dealkylation sites (N-methyl/N-ethyl adjacent to an activating group) is 1. The molecule has 0 heterocycles. The number of rotatable bonds is 10. The van der Waals surface area contributed by atoms with Crippen molar-refractivity contribution in [2.75, 3.05) is 19.7 Å². The van der Waals surface area contributed by atoms with E-state index in [0.29, 0.717) is 17.7 Å². The summed E-state index contributed by atoms with van der Waals surface area (Å²) < 4.78 is 44.7. The highest BCUT2D eigenvalue weighted by Crippen LogP contribution is 2.11. The molecule has 2 rings (SSSR count). The number of amides is 1. The number of esters is 1. The van der Waals surface area contributed by atoms with Gasteiger partial charge in [-0.15, -0.1) is 0 Å². The van der Waals surface area contributed by atoms with Gasteiger partial charge in [0.15, 0.2) is 12.4 Å². The monoisotopic (exact) mass is 450 g/mol. The lowest BCUT2D eigenvalue weighted by Gasteiger charge is -2.21. The summed E-state index contributed by atoms with van der Waals surface area (Å²) >= 11 is 0. The molecule has 0 unspecified atom stereocenters. The van der Waals surface area contributed by atoms with Crippen molar-refractivity contribution in [2.24, 2.45) is 0 Å². The van der Waals surface area contributed by atoms with Crippen molar-refractivity contribution in [2.45, 2.75) is 25.3 Å². The lowest BCUT2D eigenvalue weighted by Crippen LogP contribution is -2.36. The van der Waals surface area contributed by atoms with Crippen LogP contribution in [0.25, 0.3) is 0 Å². The molecule has 0 spiro atoms. The molecule has 1 amide bonds. The molecule has 10 heteroatoms. The van der Waals surface area contributed by atoms with Gasteiger partial charge in [0.05, 0.1) is 4.90 Å². The van der Waals surface area contributed by atoms with E-state index in [1.807, 2.05) is 0 Å². The van der Waals surface area contributed by atoms with Crippen molar-refractivity contribution in [3.05, 3.63) is 65.5 Å². The van der Waals surface area contributed by atoms with Gasteiger partial charge in [-0.3, -0.25) is 14.4 Å². The Balaban J connectivity index is 1.85. The van der Waals surface area contributed by atoms with Crippen LogP contribution in [0.5, 0.6) is 0 Å². The predicted octanol–water partition coefficient (Wildman–Crippen LogP) is 1.90. The van der Waals surface area contributed by atoms with E-state index in [2.05, 4.69) is 4.72 Å². The number of ketones is 1. The molecule has 0 saturated carbocycles. The highest BCUT2D eigenvalue weighted by Gasteiger charge is 2.18. The second-order valence-corrected chi connectivity index (χ2v) is 8.37. The van der Waals surface area contributed by atoms with E-state index in [1.165, 1.54) is 54.3 Å². The number of hydrogen-bond acceptors (Lipinski definition) is 6. The Bertz CT molecular complexity index is 1050. The largest absolute Gasteiger partial charge is 0.455 e. The van der Waals surface area contributed by atoms with Crippen LogP contribution in [0.2, 0.25) is 0 Å². The molecule has 0 fully saturated rings. The summed E-state index contributed by atoms with van der Waals surface area (Å²) in [6, 6.07) is 11.0. The fourth-order valence-electron chi connectivity index (χ4n) is 2.62. The van der Waals surface area contributed by atoms with E-state index in [0.717, 1.165) is 0 Å². The summed E-state index contributed by atoms with van der Waals surface area (Å²) in [6.07, 6.45) is 0. The standard InChI is InChI=1S/C21H23FN2O6S/c1-3-24(13-16-5-4-6-18(22)11-16)20(26)14-30-21(27)12-23-31(28,29)19-9-7-17(8-10-19)15(2)25/h4-11,23H,3,12-14H2,1-2H3. The maximum atomic E-state index is 13.3. The molecule has 8 nitrogen and oxygen atoms in total. The molecule has 0 saturated heterocycles. The van der Waals surface area contributed by atoms with Crippen LogP contribution in [0, 0.1) is 5.82 Å². The van der Waals surface area contributed by atoms with E-state index in [4.69, 9.17) is 4.74 Å². The second-order valence-electron chi connectivity index (χ2n) is 6.60. The maximum absolute atomic E-state index is 13.3. The Hall–Kier alpha value is -3.11. The van der Waals surface area contributed by atoms with Crippen molar-refractivity contribution in [3.63, 3.8) is 0 Å². The summed E-state index contributed by atoms with van der Waals surface area (Å²) in [5, 5.41) is 0. The molecule has 2 aromatic carbocycles. The third-order valence-electron chi connectivity index (χ3n) is 4.33. The molecule has 0 radical (unpaired) electrons. The number of nitrogens with zero attached hydrogens (tertiary/aromatic N) is 1. The SMILES string of the molecule is CCN(Cc1cccc(F)c1)C(=O)COC(=O)CNS(=O)(=O)c1ccc(C(C)=O)cc1. The molecule has 0 aliphatic rings. The summed E-state index contributed by atoms with van der Waals surface area (Å²) in [7, 11) is -4.00. The first-order valence-corrected chi connectivity index (χ1v) is 10.9. The molecule has 1 N–H and O–H groups in total. The zero-order valence-corrected chi connectivity index (χ0v) is 17.9. The van der Waals surface area contributed by atoms with Gasteiger partial charge in [-0.1, -0.05) is 24.3 Å². The number of sulfonamides is 1. The summed E-state index contributed by atoms with van der Waals surface area (Å²) in [5.74, 6) is -2.05. The molecule has 0 aliphatic heterocycles. The van der Waals surface area contributed by atoms with Gasteiger partial charge >= 0.3 is 5.97 Å². The molecule has 31 heavy (non-hydrogen) atoms. The van der Waals surface area contributed by atoms with E-state index in [1.54, 1.807) is 13.0 Å². The number of nitrogens with one attached hydrogen (secondary N) is 1. The van der Waals surface area contributed by atoms with Crippen LogP contribution < -0.4 is 4.72 Å². The Morgan fingerprint density at radius 1 is 1.10 bits per heavy atom. The molecule has 0 bridgehead atoms. The molecule has 2 aromatic rings. The lowest BCUT2D eigenvalue weighted by molar-refractivity contribution is -0.151. The number of hydrogen-bond donors (Lipinski definition) is 1. The van der Waals surface area contributed by atoms with Gasteiger partial charge in [0.25, 0.3) is 5.91 Å². The van der Waals surface area contributed by atoms with Gasteiger partial charge in [0.2, 0.25) is 10.0 Å². The quantitative estimate of drug-likeness (QED) is 0.437. The number of ether oxygens (including phenoxy) is 1. The van der Waals surface area contributed by atoms with E-state index in [9.17, 15) is 27.2 Å². The Kier molecular flexibility index (Phi) is 8.40. The van der Waals surface area contributed by atoms with Crippen molar-refractivity contribution in [3.8, 4) is 0 Å². The zero-order valence-electron chi connectivity index (χ0n) is 17.1. The van der Waals surface area contributed by atoms with Gasteiger partial charge in [-0.2, -0.15) is 4.72 Å². The van der Waals surface area contributed by atoms with Gasteiger partial charge in [-0.25, -0.2) is 12.8 Å². The predicted molar refractivity (Wildman–Crippen MR) is 110 cm³/mol. The van der Waals surface area contributed by atoms with Gasteiger partial charge in [-0.05, 0) is 43.7 Å². The normalized spacial score (nSPS) is 11.1. The minimum Gasteiger partial charge on any atom is -0.455 e. The average Bonchev–Trinajstić information content (AvgIpc) is 2.74. The Labute approximate surface area is 180 Å². The van der Waals surface area contributed by atoms with Crippen LogP contribution in [-0.2, 0) is 30.9 Å². The van der Waals surface area contributed by atoms with Crippen LogP contribution in [0.1, 0.15) is 29.8 Å². The molecule has 166 valence electrons. The summed E-state index contributed by atoms with van der Waals surface area (Å²) in [4.78, 5) is 36.7. The van der Waals surface area contributed by atoms with Crippen LogP contribution in [0.15, 0.2) is 53.4 Å². The van der Waals surface area contributed by atoms with Gasteiger partial charge in [0.1, 0.15) is 12.4 Å². The van der Waals surface area contributed by atoms with Crippen LogP contribution in [-0.4, -0.2) is 50.7 Å². The fourth-order valence-corrected chi connectivity index (χ4v) is 3.59. The third kappa shape index (κ3) is 7.26. The van der Waals surface area contributed by atoms with Gasteiger partial charge in [0, 0.05) is 18.7 Å². The Morgan fingerprint density at radius 3 is 2.35 bits per heavy atom. The van der Waals surface area contributed by atoms with Crippen LogP contribution in [0.3, 0.4) is 0 Å². The minimum absolute atomic E-state index is 0.117. The zero-order chi connectivity index (χ0) is 23.0. The van der Waals surface area contributed by atoms with Crippen molar-refractivity contribution in [1.82, 2.24) is 9.62 Å². The van der Waals surface area contributed by atoms with Crippen molar-refractivity contribution in [1.29, 1.82) is 0 Å². The molecule has 0 atom stereocenters.